The summed E-state index contributed by atoms with van der Waals surface area (Å²) < 4.78 is 39.2. The third kappa shape index (κ3) is 4.82. The van der Waals surface area contributed by atoms with Crippen LogP contribution in [0.2, 0.25) is 0 Å². The van der Waals surface area contributed by atoms with Crippen LogP contribution in [0.25, 0.3) is 0 Å². The van der Waals surface area contributed by atoms with Gasteiger partial charge < -0.3 is 5.32 Å². The van der Waals surface area contributed by atoms with Crippen LogP contribution in [0.4, 0.5) is 18.9 Å². The number of Topliss-reactive ketones (excluding diaryl/α,β-unsaturated/α-hetero) is 1. The number of fused-ring (bicyclic) bond motifs is 1. The van der Waals surface area contributed by atoms with Crippen molar-refractivity contribution in [1.82, 2.24) is 4.98 Å². The second-order valence-electron chi connectivity index (χ2n) is 7.77. The molecule has 0 saturated heterocycles. The number of anilines is 1. The number of amides is 1. The van der Waals surface area contributed by atoms with Gasteiger partial charge in [0, 0.05) is 12.0 Å². The van der Waals surface area contributed by atoms with Gasteiger partial charge in [0.25, 0.3) is 0 Å². The predicted octanol–water partition coefficient (Wildman–Crippen LogP) is 4.86. The highest BCUT2D eigenvalue weighted by molar-refractivity contribution is 8.00. The Morgan fingerprint density at radius 1 is 1.30 bits per heavy atom. The molecule has 2 aromatic rings. The lowest BCUT2D eigenvalue weighted by atomic mass is 9.75. The second-order valence-corrected chi connectivity index (χ2v) is 8.73. The van der Waals surface area contributed by atoms with Gasteiger partial charge in [-0.1, -0.05) is 37.7 Å². The number of rotatable bonds is 4. The maximum absolute atomic E-state index is 13.1. The number of thioether (sulfide) groups is 1. The molecule has 1 N–H and O–H groups in total. The summed E-state index contributed by atoms with van der Waals surface area (Å²) in [4.78, 5) is 29.0. The summed E-state index contributed by atoms with van der Waals surface area (Å²) in [6, 6.07) is 8.17. The van der Waals surface area contributed by atoms with E-state index >= 15 is 0 Å². The molecule has 0 radical (unpaired) electrons. The second kappa shape index (κ2) is 8.11. The number of nitrogens with one attached hydrogen (secondary N) is 1. The number of carbonyl (C=O) groups is 2. The van der Waals surface area contributed by atoms with Crippen molar-refractivity contribution in [2.75, 3.05) is 11.1 Å². The minimum absolute atomic E-state index is 0.0803. The van der Waals surface area contributed by atoms with Crippen molar-refractivity contribution < 1.29 is 22.8 Å². The van der Waals surface area contributed by atoms with Crippen LogP contribution in [0, 0.1) is 16.7 Å². The van der Waals surface area contributed by atoms with Gasteiger partial charge in [-0.05, 0) is 30.0 Å². The molecule has 156 valence electrons. The fourth-order valence-corrected chi connectivity index (χ4v) is 4.08. The van der Waals surface area contributed by atoms with Crippen LogP contribution >= 0.6 is 11.8 Å². The fourth-order valence-electron chi connectivity index (χ4n) is 3.30. The van der Waals surface area contributed by atoms with Crippen LogP contribution in [0.3, 0.4) is 0 Å². The number of hydrogen-bond donors (Lipinski definition) is 1. The highest BCUT2D eigenvalue weighted by atomic mass is 32.2. The van der Waals surface area contributed by atoms with E-state index in [4.69, 9.17) is 0 Å². The van der Waals surface area contributed by atoms with Crippen molar-refractivity contribution >= 4 is 29.1 Å². The molecule has 1 aliphatic carbocycles. The third-order valence-corrected chi connectivity index (χ3v) is 5.61. The SMILES string of the molecule is CC1(C)CC(=O)c2cc(C#N)c(SCC(=O)Nc3ccccc3C(F)(F)F)nc2C1. The molecule has 1 aromatic carbocycles. The molecule has 0 saturated carbocycles. The van der Waals surface area contributed by atoms with E-state index in [2.05, 4.69) is 10.3 Å². The Bertz CT molecular complexity index is 1060. The Balaban J connectivity index is 1.78. The lowest BCUT2D eigenvalue weighted by Gasteiger charge is -2.29. The first kappa shape index (κ1) is 21.8. The summed E-state index contributed by atoms with van der Waals surface area (Å²) in [5.41, 5.74) is -0.378. The molecular weight excluding hydrogens is 415 g/mol. The van der Waals surface area contributed by atoms with E-state index in [-0.39, 0.29) is 33.2 Å². The van der Waals surface area contributed by atoms with Crippen molar-refractivity contribution in [3.63, 3.8) is 0 Å². The number of nitriles is 1. The normalized spacial score (nSPS) is 15.3. The van der Waals surface area contributed by atoms with Crippen LogP contribution in [-0.4, -0.2) is 22.4 Å². The van der Waals surface area contributed by atoms with Gasteiger partial charge in [-0.2, -0.15) is 18.4 Å². The van der Waals surface area contributed by atoms with Crippen LogP contribution in [0.15, 0.2) is 35.4 Å². The van der Waals surface area contributed by atoms with Crippen molar-refractivity contribution in [2.24, 2.45) is 5.41 Å². The molecule has 1 heterocycles. The molecule has 30 heavy (non-hydrogen) atoms. The number of hydrogen-bond acceptors (Lipinski definition) is 5. The van der Waals surface area contributed by atoms with Crippen molar-refractivity contribution in [2.45, 2.75) is 37.9 Å². The van der Waals surface area contributed by atoms with E-state index in [0.29, 0.717) is 24.1 Å². The molecule has 0 unspecified atom stereocenters. The number of para-hydroxylation sites is 1. The molecule has 0 fully saturated rings. The van der Waals surface area contributed by atoms with Gasteiger partial charge in [0.1, 0.15) is 11.1 Å². The maximum Gasteiger partial charge on any atom is 0.418 e. The van der Waals surface area contributed by atoms with E-state index in [1.54, 1.807) is 0 Å². The number of benzene rings is 1. The summed E-state index contributed by atoms with van der Waals surface area (Å²) in [7, 11) is 0. The fraction of sp³-hybridized carbons (Fsp3) is 0.333. The van der Waals surface area contributed by atoms with E-state index in [0.717, 1.165) is 17.8 Å². The average molecular weight is 433 g/mol. The van der Waals surface area contributed by atoms with Gasteiger partial charge in [-0.25, -0.2) is 4.98 Å². The van der Waals surface area contributed by atoms with Crippen molar-refractivity contribution in [3.8, 4) is 6.07 Å². The van der Waals surface area contributed by atoms with Crippen molar-refractivity contribution in [1.29, 1.82) is 5.26 Å². The number of carbonyl (C=O) groups excluding carboxylic acids is 2. The summed E-state index contributed by atoms with van der Waals surface area (Å²) in [5.74, 6) is -0.968. The summed E-state index contributed by atoms with van der Waals surface area (Å²) in [5, 5.41) is 11.9. The number of alkyl halides is 3. The van der Waals surface area contributed by atoms with Gasteiger partial charge in [0.2, 0.25) is 5.91 Å². The Labute approximate surface area is 175 Å². The maximum atomic E-state index is 13.1. The van der Waals surface area contributed by atoms with E-state index in [9.17, 15) is 28.0 Å². The topological polar surface area (TPSA) is 82.8 Å². The summed E-state index contributed by atoms with van der Waals surface area (Å²) in [6.07, 6.45) is -3.68. The lowest BCUT2D eigenvalue weighted by Crippen LogP contribution is -2.28. The molecule has 1 aromatic heterocycles. The summed E-state index contributed by atoms with van der Waals surface area (Å²) in [6.45, 7) is 3.90. The molecule has 3 rings (SSSR count). The van der Waals surface area contributed by atoms with Gasteiger partial charge >= 0.3 is 6.18 Å². The van der Waals surface area contributed by atoms with E-state index < -0.39 is 17.6 Å². The Kier molecular flexibility index (Phi) is 5.90. The van der Waals surface area contributed by atoms with Gasteiger partial charge in [0.15, 0.2) is 5.78 Å². The molecule has 9 heteroatoms. The molecule has 0 spiro atoms. The summed E-state index contributed by atoms with van der Waals surface area (Å²) >= 11 is 0.948. The van der Waals surface area contributed by atoms with Gasteiger partial charge in [-0.15, -0.1) is 0 Å². The molecule has 0 aliphatic heterocycles. The standard InChI is InChI=1S/C21H18F3N3O2S/c1-20(2)8-16-13(17(28)9-20)7-12(10-25)19(27-16)30-11-18(29)26-15-6-4-3-5-14(15)21(22,23)24/h3-7H,8-9,11H2,1-2H3,(H,26,29). The predicted molar refractivity (Wildman–Crippen MR) is 106 cm³/mol. The Morgan fingerprint density at radius 2 is 2.00 bits per heavy atom. The lowest BCUT2D eigenvalue weighted by molar-refractivity contribution is -0.137. The van der Waals surface area contributed by atoms with Gasteiger partial charge in [-0.3, -0.25) is 9.59 Å². The number of nitrogens with zero attached hydrogens (tertiary/aromatic N) is 2. The largest absolute Gasteiger partial charge is 0.418 e. The first-order valence-corrected chi connectivity index (χ1v) is 10.0. The molecule has 1 aliphatic rings. The van der Waals surface area contributed by atoms with E-state index in [1.165, 1.54) is 24.3 Å². The first-order chi connectivity index (χ1) is 14.0. The molecule has 5 nitrogen and oxygen atoms in total. The number of ketones is 1. The smallest absolute Gasteiger partial charge is 0.325 e. The zero-order chi connectivity index (χ0) is 22.1. The molecule has 1 amide bonds. The van der Waals surface area contributed by atoms with Crippen LogP contribution in [-0.2, 0) is 17.4 Å². The first-order valence-electron chi connectivity index (χ1n) is 9.06. The zero-order valence-electron chi connectivity index (χ0n) is 16.3. The Hall–Kier alpha value is -2.86. The average Bonchev–Trinajstić information content (AvgIpc) is 2.64. The minimum atomic E-state index is -4.59. The van der Waals surface area contributed by atoms with Crippen molar-refractivity contribution in [3.05, 3.63) is 52.7 Å². The monoisotopic (exact) mass is 433 g/mol. The minimum Gasteiger partial charge on any atom is -0.325 e. The Morgan fingerprint density at radius 3 is 2.67 bits per heavy atom. The molecule has 0 atom stereocenters. The van der Waals surface area contributed by atoms with Crippen LogP contribution in [0.5, 0.6) is 0 Å². The number of pyridine rings is 1. The van der Waals surface area contributed by atoms with Gasteiger partial charge in [0.05, 0.1) is 28.3 Å². The zero-order valence-corrected chi connectivity index (χ0v) is 17.1. The van der Waals surface area contributed by atoms with Crippen LogP contribution in [0.1, 0.15) is 47.4 Å². The molecule has 0 bridgehead atoms. The number of aromatic nitrogens is 1. The number of halogens is 3. The third-order valence-electron chi connectivity index (χ3n) is 4.62. The highest BCUT2D eigenvalue weighted by Gasteiger charge is 2.34. The quantitative estimate of drug-likeness (QED) is 0.697. The van der Waals surface area contributed by atoms with E-state index in [1.807, 2.05) is 19.9 Å². The molecular formula is C21H18F3N3O2S. The highest BCUT2D eigenvalue weighted by Crippen LogP contribution is 2.37. The van der Waals surface area contributed by atoms with Crippen LogP contribution < -0.4 is 5.32 Å².